The lowest BCUT2D eigenvalue weighted by molar-refractivity contribution is -0.136. The number of amides is 2. The highest BCUT2D eigenvalue weighted by atomic mass is 79.9. The molecule has 1 aromatic rings. The van der Waals surface area contributed by atoms with Gasteiger partial charge in [-0.3, -0.25) is 0 Å². The van der Waals surface area contributed by atoms with Crippen LogP contribution < -0.4 is 10.6 Å². The molecule has 0 unspecified atom stereocenters. The van der Waals surface area contributed by atoms with E-state index in [4.69, 9.17) is 0 Å². The first-order valence-corrected chi connectivity index (χ1v) is 6.60. The zero-order valence-corrected chi connectivity index (χ0v) is 11.4. The van der Waals surface area contributed by atoms with Gasteiger partial charge in [0, 0.05) is 10.5 Å². The van der Waals surface area contributed by atoms with E-state index in [0.29, 0.717) is 4.47 Å². The quantitative estimate of drug-likeness (QED) is 0.837. The largest absolute Gasteiger partial charge is 0.418 e. The van der Waals surface area contributed by atoms with Crippen LogP contribution in [0, 0.1) is 0 Å². The summed E-state index contributed by atoms with van der Waals surface area (Å²) in [5.41, 5.74) is -1.11. The zero-order chi connectivity index (χ0) is 14.0. The lowest BCUT2D eigenvalue weighted by atomic mass is 9.93. The molecule has 0 heterocycles. The number of nitrogens with one attached hydrogen (secondary N) is 2. The molecule has 1 aromatic carbocycles. The summed E-state index contributed by atoms with van der Waals surface area (Å²) in [6, 6.07) is 3.10. The number of alkyl halides is 3. The fraction of sp³-hybridized carbons (Fsp3) is 0.417. The van der Waals surface area contributed by atoms with Crippen LogP contribution in [-0.4, -0.2) is 12.1 Å². The van der Waals surface area contributed by atoms with Gasteiger partial charge in [0.15, 0.2) is 0 Å². The fourth-order valence-electron chi connectivity index (χ4n) is 1.76. The standard InChI is InChI=1S/C12H12BrF3N2O/c13-7-4-5-10(9(6-7)12(14,15)16)18-11(19)17-8-2-1-3-8/h4-6,8H,1-3H2,(H2,17,18,19). The summed E-state index contributed by atoms with van der Waals surface area (Å²) in [6.45, 7) is 0. The molecule has 1 aliphatic rings. The minimum atomic E-state index is -4.51. The smallest absolute Gasteiger partial charge is 0.335 e. The minimum absolute atomic E-state index is 0.0739. The SMILES string of the molecule is O=C(Nc1ccc(Br)cc1C(F)(F)F)NC1CCC1. The number of hydrogen-bond donors (Lipinski definition) is 2. The summed E-state index contributed by atoms with van der Waals surface area (Å²) < 4.78 is 38.8. The maximum absolute atomic E-state index is 12.8. The van der Waals surface area contributed by atoms with Gasteiger partial charge in [-0.05, 0) is 37.5 Å². The van der Waals surface area contributed by atoms with E-state index >= 15 is 0 Å². The van der Waals surface area contributed by atoms with Crippen molar-refractivity contribution in [2.24, 2.45) is 0 Å². The second-order valence-corrected chi connectivity index (χ2v) is 5.33. The Bertz CT molecular complexity index is 486. The molecule has 0 spiro atoms. The van der Waals surface area contributed by atoms with Gasteiger partial charge < -0.3 is 10.6 Å². The minimum Gasteiger partial charge on any atom is -0.335 e. The molecule has 2 N–H and O–H groups in total. The van der Waals surface area contributed by atoms with Gasteiger partial charge in [-0.1, -0.05) is 15.9 Å². The number of halogens is 4. The lowest BCUT2D eigenvalue weighted by Gasteiger charge is -2.26. The van der Waals surface area contributed by atoms with E-state index in [1.165, 1.54) is 12.1 Å². The van der Waals surface area contributed by atoms with Crippen LogP contribution in [0.25, 0.3) is 0 Å². The average molecular weight is 337 g/mol. The summed E-state index contributed by atoms with van der Waals surface area (Å²) in [5.74, 6) is 0. The Kier molecular flexibility index (Phi) is 4.03. The summed E-state index contributed by atoms with van der Waals surface area (Å²) in [6.07, 6.45) is -1.72. The van der Waals surface area contributed by atoms with E-state index in [1.54, 1.807) is 0 Å². The van der Waals surface area contributed by atoms with Gasteiger partial charge in [-0.25, -0.2) is 4.79 Å². The Morgan fingerprint density at radius 1 is 1.32 bits per heavy atom. The Morgan fingerprint density at radius 2 is 2.00 bits per heavy atom. The van der Waals surface area contributed by atoms with Crippen molar-refractivity contribution in [1.82, 2.24) is 5.32 Å². The van der Waals surface area contributed by atoms with Crippen LogP contribution in [0.15, 0.2) is 22.7 Å². The van der Waals surface area contributed by atoms with Crippen molar-refractivity contribution in [2.45, 2.75) is 31.5 Å². The molecule has 0 aliphatic heterocycles. The lowest BCUT2D eigenvalue weighted by Crippen LogP contribution is -2.42. The number of carbonyl (C=O) groups excluding carboxylic acids is 1. The first-order chi connectivity index (χ1) is 8.86. The summed E-state index contributed by atoms with van der Waals surface area (Å²) in [4.78, 5) is 11.6. The van der Waals surface area contributed by atoms with Crippen LogP contribution in [0.1, 0.15) is 24.8 Å². The van der Waals surface area contributed by atoms with E-state index in [2.05, 4.69) is 26.6 Å². The Morgan fingerprint density at radius 3 is 2.53 bits per heavy atom. The fourth-order valence-corrected chi connectivity index (χ4v) is 2.12. The molecule has 0 bridgehead atoms. The molecule has 1 aliphatic carbocycles. The highest BCUT2D eigenvalue weighted by Gasteiger charge is 2.34. The number of rotatable bonds is 2. The van der Waals surface area contributed by atoms with Crippen LogP contribution in [0.4, 0.5) is 23.7 Å². The molecule has 0 aromatic heterocycles. The zero-order valence-electron chi connectivity index (χ0n) is 9.85. The molecule has 3 nitrogen and oxygen atoms in total. The molecule has 0 atom stereocenters. The van der Waals surface area contributed by atoms with Crippen molar-refractivity contribution in [3.63, 3.8) is 0 Å². The molecule has 7 heteroatoms. The van der Waals surface area contributed by atoms with Crippen molar-refractivity contribution in [3.8, 4) is 0 Å². The van der Waals surface area contributed by atoms with Gasteiger partial charge in [0.25, 0.3) is 0 Å². The van der Waals surface area contributed by atoms with Crippen LogP contribution in [-0.2, 0) is 6.18 Å². The van der Waals surface area contributed by atoms with Crippen molar-refractivity contribution in [3.05, 3.63) is 28.2 Å². The predicted molar refractivity (Wildman–Crippen MR) is 68.9 cm³/mol. The maximum Gasteiger partial charge on any atom is 0.418 e. The normalized spacial score (nSPS) is 15.8. The van der Waals surface area contributed by atoms with Gasteiger partial charge >= 0.3 is 12.2 Å². The number of carbonyl (C=O) groups is 1. The van der Waals surface area contributed by atoms with Crippen LogP contribution >= 0.6 is 15.9 Å². The molecule has 0 radical (unpaired) electrons. The summed E-state index contributed by atoms with van der Waals surface area (Å²) in [7, 11) is 0. The highest BCUT2D eigenvalue weighted by molar-refractivity contribution is 9.10. The third kappa shape index (κ3) is 3.62. The second-order valence-electron chi connectivity index (χ2n) is 4.41. The Labute approximate surface area is 116 Å². The number of hydrogen-bond acceptors (Lipinski definition) is 1. The summed E-state index contributed by atoms with van der Waals surface area (Å²) in [5, 5.41) is 4.88. The van der Waals surface area contributed by atoms with Crippen LogP contribution in [0.3, 0.4) is 0 Å². The maximum atomic E-state index is 12.8. The van der Waals surface area contributed by atoms with E-state index in [1.807, 2.05) is 0 Å². The molecule has 2 rings (SSSR count). The third-order valence-electron chi connectivity index (χ3n) is 2.98. The van der Waals surface area contributed by atoms with Gasteiger partial charge in [0.1, 0.15) is 0 Å². The molecule has 1 fully saturated rings. The first kappa shape index (κ1) is 14.2. The van der Waals surface area contributed by atoms with Gasteiger partial charge in [0.05, 0.1) is 11.3 Å². The van der Waals surface area contributed by atoms with Gasteiger partial charge in [0.2, 0.25) is 0 Å². The van der Waals surface area contributed by atoms with Crippen LogP contribution in [0.5, 0.6) is 0 Å². The van der Waals surface area contributed by atoms with Gasteiger partial charge in [-0.2, -0.15) is 13.2 Å². The molecule has 1 saturated carbocycles. The van der Waals surface area contributed by atoms with Crippen LogP contribution in [0.2, 0.25) is 0 Å². The van der Waals surface area contributed by atoms with E-state index in [9.17, 15) is 18.0 Å². The topological polar surface area (TPSA) is 41.1 Å². The molecule has 0 saturated heterocycles. The molecular formula is C12H12BrF3N2O. The van der Waals surface area contributed by atoms with E-state index in [-0.39, 0.29) is 11.7 Å². The Balaban J connectivity index is 2.12. The second kappa shape index (κ2) is 5.40. The summed E-state index contributed by atoms with van der Waals surface area (Å²) >= 11 is 2.99. The van der Waals surface area contributed by atoms with E-state index < -0.39 is 17.8 Å². The number of anilines is 1. The molecule has 19 heavy (non-hydrogen) atoms. The van der Waals surface area contributed by atoms with Crippen molar-refractivity contribution in [2.75, 3.05) is 5.32 Å². The van der Waals surface area contributed by atoms with Crippen molar-refractivity contribution >= 4 is 27.6 Å². The predicted octanol–water partition coefficient (Wildman–Crippen LogP) is 4.14. The molecule has 2 amide bonds. The number of benzene rings is 1. The van der Waals surface area contributed by atoms with Crippen molar-refractivity contribution in [1.29, 1.82) is 0 Å². The molecular weight excluding hydrogens is 325 g/mol. The molecule has 104 valence electrons. The highest BCUT2D eigenvalue weighted by Crippen LogP contribution is 2.36. The Hall–Kier alpha value is -1.24. The third-order valence-corrected chi connectivity index (χ3v) is 3.47. The monoisotopic (exact) mass is 336 g/mol. The number of urea groups is 1. The average Bonchev–Trinajstić information content (AvgIpc) is 2.25. The van der Waals surface area contributed by atoms with Crippen molar-refractivity contribution < 1.29 is 18.0 Å². The van der Waals surface area contributed by atoms with Gasteiger partial charge in [-0.15, -0.1) is 0 Å². The first-order valence-electron chi connectivity index (χ1n) is 5.80. The van der Waals surface area contributed by atoms with E-state index in [0.717, 1.165) is 25.3 Å².